The molecule has 6 heteroatoms. The van der Waals surface area contributed by atoms with Gasteiger partial charge in [-0.15, -0.1) is 0 Å². The van der Waals surface area contributed by atoms with Gasteiger partial charge in [0.2, 0.25) is 5.91 Å². The van der Waals surface area contributed by atoms with Crippen molar-refractivity contribution in [3.05, 3.63) is 71.7 Å². The minimum absolute atomic E-state index is 0.0837. The maximum absolute atomic E-state index is 14.2. The second kappa shape index (κ2) is 8.68. The summed E-state index contributed by atoms with van der Waals surface area (Å²) in [5.74, 6) is -0.923. The van der Waals surface area contributed by atoms with Crippen molar-refractivity contribution < 1.29 is 18.7 Å². The number of piperidine rings is 1. The zero-order valence-corrected chi connectivity index (χ0v) is 18.4. The number of para-hydroxylation sites is 1. The lowest BCUT2D eigenvalue weighted by Gasteiger charge is -2.38. The molecule has 0 radical (unpaired) electrons. The highest BCUT2D eigenvalue weighted by Gasteiger charge is 2.41. The number of ether oxygens (including phenoxy) is 2. The van der Waals surface area contributed by atoms with Gasteiger partial charge in [-0.1, -0.05) is 30.3 Å². The lowest BCUT2D eigenvalue weighted by Crippen LogP contribution is -2.47. The van der Waals surface area contributed by atoms with Crippen molar-refractivity contribution in [3.8, 4) is 0 Å². The summed E-state index contributed by atoms with van der Waals surface area (Å²) < 4.78 is 28.0. The molecule has 2 aromatic carbocycles. The Kier molecular flexibility index (Phi) is 5.74. The molecule has 0 bridgehead atoms. The fraction of sp³-hybridized carbons (Fsp3) is 0.423. The fourth-order valence-electron chi connectivity index (χ4n) is 5.13. The SMILES string of the molecule is CCn1cc(C(CC(=O)N2CCC3(CC2)OCCO3)c2cccc(F)c2)c2ccccc21. The fourth-order valence-corrected chi connectivity index (χ4v) is 5.13. The maximum atomic E-state index is 14.2. The molecule has 2 aliphatic rings. The minimum atomic E-state index is -0.507. The average molecular weight is 437 g/mol. The number of aryl methyl sites for hydroxylation is 1. The van der Waals surface area contributed by atoms with Crippen LogP contribution in [0.5, 0.6) is 0 Å². The van der Waals surface area contributed by atoms with Crippen molar-refractivity contribution in [2.45, 2.75) is 44.4 Å². The molecule has 2 fully saturated rings. The van der Waals surface area contributed by atoms with Gasteiger partial charge in [-0.25, -0.2) is 4.39 Å². The third kappa shape index (κ3) is 3.93. The number of hydrogen-bond acceptors (Lipinski definition) is 3. The normalized spacial score (nSPS) is 19.0. The van der Waals surface area contributed by atoms with Crippen molar-refractivity contribution >= 4 is 16.8 Å². The molecule has 2 saturated heterocycles. The highest BCUT2D eigenvalue weighted by atomic mass is 19.1. The Morgan fingerprint density at radius 1 is 1.09 bits per heavy atom. The lowest BCUT2D eigenvalue weighted by atomic mass is 9.87. The van der Waals surface area contributed by atoms with Crippen LogP contribution in [0.1, 0.15) is 43.2 Å². The van der Waals surface area contributed by atoms with Gasteiger partial charge < -0.3 is 18.9 Å². The molecule has 0 N–H and O–H groups in total. The Morgan fingerprint density at radius 3 is 2.56 bits per heavy atom. The van der Waals surface area contributed by atoms with Gasteiger partial charge >= 0.3 is 0 Å². The Bertz CT molecular complexity index is 1110. The van der Waals surface area contributed by atoms with Crippen molar-refractivity contribution in [1.29, 1.82) is 0 Å². The molecule has 3 heterocycles. The summed E-state index contributed by atoms with van der Waals surface area (Å²) in [6, 6.07) is 14.9. The van der Waals surface area contributed by atoms with Crippen molar-refractivity contribution in [3.63, 3.8) is 0 Å². The number of hydrogen-bond donors (Lipinski definition) is 0. The molecule has 3 aromatic rings. The summed E-state index contributed by atoms with van der Waals surface area (Å²) in [5, 5.41) is 1.11. The second-order valence-electron chi connectivity index (χ2n) is 8.69. The third-order valence-electron chi connectivity index (χ3n) is 6.86. The van der Waals surface area contributed by atoms with Gasteiger partial charge in [-0.05, 0) is 36.2 Å². The van der Waals surface area contributed by atoms with Crippen LogP contribution in [-0.4, -0.2) is 47.5 Å². The number of amides is 1. The van der Waals surface area contributed by atoms with E-state index in [1.807, 2.05) is 23.1 Å². The van der Waals surface area contributed by atoms with Gasteiger partial charge in [0.1, 0.15) is 5.82 Å². The molecule has 168 valence electrons. The highest BCUT2D eigenvalue weighted by molar-refractivity contribution is 5.86. The van der Waals surface area contributed by atoms with Gasteiger partial charge in [-0.2, -0.15) is 0 Å². The molecule has 1 atom stereocenters. The Hall–Kier alpha value is -2.70. The predicted octanol–water partition coefficient (Wildman–Crippen LogP) is 4.69. The van der Waals surface area contributed by atoms with Crippen LogP contribution in [0.25, 0.3) is 10.9 Å². The zero-order chi connectivity index (χ0) is 22.1. The number of carbonyl (C=O) groups is 1. The van der Waals surface area contributed by atoms with Crippen molar-refractivity contribution in [2.24, 2.45) is 0 Å². The monoisotopic (exact) mass is 436 g/mol. The van der Waals surface area contributed by atoms with Crippen LogP contribution in [0.15, 0.2) is 54.7 Å². The zero-order valence-electron chi connectivity index (χ0n) is 18.4. The van der Waals surface area contributed by atoms with Crippen LogP contribution >= 0.6 is 0 Å². The molecule has 1 aromatic heterocycles. The number of rotatable bonds is 5. The number of likely N-dealkylation sites (tertiary alicyclic amines) is 1. The van der Waals surface area contributed by atoms with E-state index in [9.17, 15) is 9.18 Å². The molecule has 5 nitrogen and oxygen atoms in total. The molecule has 0 saturated carbocycles. The lowest BCUT2D eigenvalue weighted by molar-refractivity contribution is -0.187. The summed E-state index contributed by atoms with van der Waals surface area (Å²) in [6.45, 7) is 5.42. The number of fused-ring (bicyclic) bond motifs is 1. The topological polar surface area (TPSA) is 43.7 Å². The molecule has 32 heavy (non-hydrogen) atoms. The van der Waals surface area contributed by atoms with Crippen molar-refractivity contribution in [2.75, 3.05) is 26.3 Å². The number of halogens is 1. The largest absolute Gasteiger partial charge is 0.347 e. The first-order chi connectivity index (χ1) is 15.6. The van der Waals surface area contributed by atoms with Crippen molar-refractivity contribution in [1.82, 2.24) is 9.47 Å². The van der Waals surface area contributed by atoms with Gasteiger partial charge in [0.05, 0.1) is 13.2 Å². The first-order valence-corrected chi connectivity index (χ1v) is 11.5. The van der Waals surface area contributed by atoms with E-state index in [0.717, 1.165) is 28.6 Å². The number of aromatic nitrogens is 1. The maximum Gasteiger partial charge on any atom is 0.223 e. The predicted molar refractivity (Wildman–Crippen MR) is 121 cm³/mol. The molecule has 1 spiro atoms. The van der Waals surface area contributed by atoms with E-state index >= 15 is 0 Å². The molecule has 5 rings (SSSR count). The first-order valence-electron chi connectivity index (χ1n) is 11.5. The minimum Gasteiger partial charge on any atom is -0.347 e. The summed E-state index contributed by atoms with van der Waals surface area (Å²) in [6.07, 6.45) is 3.81. The summed E-state index contributed by atoms with van der Waals surface area (Å²) >= 11 is 0. The Labute approximate surface area is 187 Å². The van der Waals surface area contributed by atoms with E-state index < -0.39 is 5.79 Å². The van der Waals surface area contributed by atoms with Crippen LogP contribution in [-0.2, 0) is 20.8 Å². The second-order valence-corrected chi connectivity index (χ2v) is 8.69. The smallest absolute Gasteiger partial charge is 0.223 e. The van der Waals surface area contributed by atoms with Gasteiger partial charge in [0.15, 0.2) is 5.79 Å². The van der Waals surface area contributed by atoms with E-state index in [4.69, 9.17) is 9.47 Å². The number of benzene rings is 2. The molecular formula is C26H29FN2O3. The van der Waals surface area contributed by atoms with E-state index in [1.165, 1.54) is 6.07 Å². The molecule has 1 amide bonds. The van der Waals surface area contributed by atoms with Crippen LogP contribution in [0.4, 0.5) is 4.39 Å². The standard InChI is InChI=1S/C26H29FN2O3/c1-2-28-18-23(21-8-3-4-9-24(21)28)22(19-6-5-7-20(27)16-19)17-25(30)29-12-10-26(11-13-29)31-14-15-32-26/h3-9,16,18,22H,2,10-15,17H2,1H3. The first kappa shape index (κ1) is 21.2. The molecule has 0 aliphatic carbocycles. The third-order valence-corrected chi connectivity index (χ3v) is 6.86. The van der Waals surface area contributed by atoms with Gasteiger partial charge in [-0.3, -0.25) is 4.79 Å². The summed E-state index contributed by atoms with van der Waals surface area (Å²) in [4.78, 5) is 15.3. The van der Waals surface area contributed by atoms with E-state index in [-0.39, 0.29) is 17.6 Å². The molecule has 2 aliphatic heterocycles. The number of carbonyl (C=O) groups excluding carboxylic acids is 1. The summed E-state index contributed by atoms with van der Waals surface area (Å²) in [7, 11) is 0. The van der Waals surface area contributed by atoms with Crippen LogP contribution < -0.4 is 0 Å². The van der Waals surface area contributed by atoms with Crippen LogP contribution in [0.3, 0.4) is 0 Å². The Morgan fingerprint density at radius 2 is 1.84 bits per heavy atom. The quantitative estimate of drug-likeness (QED) is 0.583. The van der Waals surface area contributed by atoms with E-state index in [0.29, 0.717) is 45.6 Å². The molecule has 1 unspecified atom stereocenters. The van der Waals surface area contributed by atoms with Gasteiger partial charge in [0, 0.05) is 61.9 Å². The Balaban J connectivity index is 1.45. The van der Waals surface area contributed by atoms with E-state index in [2.05, 4.69) is 29.8 Å². The van der Waals surface area contributed by atoms with E-state index in [1.54, 1.807) is 12.1 Å². The van der Waals surface area contributed by atoms with Gasteiger partial charge in [0.25, 0.3) is 0 Å². The number of nitrogens with zero attached hydrogens (tertiary/aromatic N) is 2. The molecular weight excluding hydrogens is 407 g/mol. The van der Waals surface area contributed by atoms with Crippen LogP contribution in [0, 0.1) is 5.82 Å². The summed E-state index contributed by atoms with van der Waals surface area (Å²) in [5.41, 5.74) is 3.03. The average Bonchev–Trinajstić information content (AvgIpc) is 3.42. The highest BCUT2D eigenvalue weighted by Crippen LogP contribution is 2.37. The van der Waals surface area contributed by atoms with Crippen LogP contribution in [0.2, 0.25) is 0 Å².